The number of rotatable bonds is 4. The Morgan fingerprint density at radius 1 is 1.03 bits per heavy atom. The van der Waals surface area contributed by atoms with Crippen molar-refractivity contribution in [2.45, 2.75) is 57.0 Å². The summed E-state index contributed by atoms with van der Waals surface area (Å²) in [4.78, 5) is 30.6. The van der Waals surface area contributed by atoms with Crippen LogP contribution in [0.5, 0.6) is 0 Å². The first-order chi connectivity index (χ1) is 17.0. The lowest BCUT2D eigenvalue weighted by atomic mass is 9.54. The minimum atomic E-state index is -0.334. The number of ether oxygens (including phenoxy) is 1. The average Bonchev–Trinajstić information content (AvgIpc) is 3.19. The number of thiazole rings is 1. The highest BCUT2D eigenvalue weighted by Crippen LogP contribution is 2.57. The van der Waals surface area contributed by atoms with E-state index in [9.17, 15) is 9.59 Å². The molecule has 4 aliphatic carbocycles. The van der Waals surface area contributed by atoms with Crippen molar-refractivity contribution in [2.75, 3.05) is 0 Å². The molecule has 0 saturated heterocycles. The Morgan fingerprint density at radius 3 is 2.40 bits per heavy atom. The largest absolute Gasteiger partial charge is 0.459 e. The molecule has 0 N–H and O–H groups in total. The molecule has 4 saturated carbocycles. The van der Waals surface area contributed by atoms with Gasteiger partial charge < -0.3 is 4.74 Å². The fraction of sp³-hybridized carbons (Fsp3) is 0.414. The van der Waals surface area contributed by atoms with Crippen LogP contribution in [0.25, 0.3) is 26.4 Å². The zero-order valence-electron chi connectivity index (χ0n) is 19.8. The Bertz CT molecular complexity index is 1480. The summed E-state index contributed by atoms with van der Waals surface area (Å²) in [6, 6.07) is 17.6. The quantitative estimate of drug-likeness (QED) is 0.324. The predicted molar refractivity (Wildman–Crippen MR) is 138 cm³/mol. The fourth-order valence-electron chi connectivity index (χ4n) is 7.34. The van der Waals surface area contributed by atoms with Gasteiger partial charge in [0.05, 0.1) is 21.8 Å². The number of carbonyl (C=O) groups is 1. The fourth-order valence-corrected chi connectivity index (χ4v) is 8.42. The second-order valence-corrected chi connectivity index (χ2v) is 12.0. The highest BCUT2D eigenvalue weighted by Gasteiger charge is 2.53. The van der Waals surface area contributed by atoms with Crippen LogP contribution >= 0.6 is 11.3 Å². The van der Waals surface area contributed by atoms with Crippen molar-refractivity contribution in [3.05, 3.63) is 70.5 Å². The second kappa shape index (κ2) is 7.76. The summed E-state index contributed by atoms with van der Waals surface area (Å²) in [5, 5.41) is 0. The van der Waals surface area contributed by atoms with E-state index < -0.39 is 0 Å². The van der Waals surface area contributed by atoms with E-state index in [0.717, 1.165) is 64.1 Å². The monoisotopic (exact) mass is 484 g/mol. The smallest absolute Gasteiger partial charge is 0.313 e. The summed E-state index contributed by atoms with van der Waals surface area (Å²) in [6.45, 7) is 1.95. The van der Waals surface area contributed by atoms with Crippen molar-refractivity contribution >= 4 is 32.5 Å². The van der Waals surface area contributed by atoms with Crippen LogP contribution in [0.4, 0.5) is 0 Å². The van der Waals surface area contributed by atoms with Gasteiger partial charge in [-0.1, -0.05) is 47.7 Å². The maximum atomic E-state index is 13.3. The van der Waals surface area contributed by atoms with Gasteiger partial charge in [-0.25, -0.2) is 0 Å². The molecule has 6 heteroatoms. The van der Waals surface area contributed by atoms with Crippen LogP contribution in [0.2, 0.25) is 0 Å². The summed E-state index contributed by atoms with van der Waals surface area (Å²) in [7, 11) is 0. The third-order valence-electron chi connectivity index (χ3n) is 8.55. The normalized spacial score (nSPS) is 28.0. The zero-order chi connectivity index (χ0) is 23.7. The molecule has 35 heavy (non-hydrogen) atoms. The minimum absolute atomic E-state index is 0.106. The molecule has 2 aromatic carbocycles. The van der Waals surface area contributed by atoms with Crippen LogP contribution in [0.15, 0.2) is 59.4 Å². The molecular weight excluding hydrogens is 456 g/mol. The van der Waals surface area contributed by atoms with E-state index in [1.807, 2.05) is 53.8 Å². The minimum Gasteiger partial charge on any atom is -0.459 e. The maximum absolute atomic E-state index is 13.3. The average molecular weight is 485 g/mol. The number of esters is 1. The molecular formula is C29H28N2O3S. The Hall–Kier alpha value is -2.99. The van der Waals surface area contributed by atoms with E-state index in [2.05, 4.69) is 11.1 Å². The van der Waals surface area contributed by atoms with Crippen LogP contribution in [0.1, 0.15) is 56.9 Å². The van der Waals surface area contributed by atoms with Crippen molar-refractivity contribution < 1.29 is 9.53 Å². The molecule has 0 radical (unpaired) electrons. The Kier molecular flexibility index (Phi) is 4.72. The Morgan fingerprint density at radius 2 is 1.71 bits per heavy atom. The van der Waals surface area contributed by atoms with Gasteiger partial charge in [0.25, 0.3) is 5.56 Å². The predicted octanol–water partition coefficient (Wildman–Crippen LogP) is 6.19. The van der Waals surface area contributed by atoms with Gasteiger partial charge in [-0.15, -0.1) is 0 Å². The molecule has 0 spiro atoms. The van der Waals surface area contributed by atoms with Crippen LogP contribution in [-0.4, -0.2) is 21.0 Å². The van der Waals surface area contributed by atoms with Gasteiger partial charge in [0.1, 0.15) is 5.60 Å². The van der Waals surface area contributed by atoms with Gasteiger partial charge in [0.15, 0.2) is 4.96 Å². The van der Waals surface area contributed by atoms with Crippen molar-refractivity contribution in [3.63, 3.8) is 0 Å². The second-order valence-electron chi connectivity index (χ2n) is 11.0. The summed E-state index contributed by atoms with van der Waals surface area (Å²) >= 11 is 1.48. The topological polar surface area (TPSA) is 60.7 Å². The van der Waals surface area contributed by atoms with E-state index in [1.165, 1.54) is 30.6 Å². The van der Waals surface area contributed by atoms with Crippen molar-refractivity contribution in [3.8, 4) is 11.3 Å². The van der Waals surface area contributed by atoms with E-state index in [0.29, 0.717) is 4.96 Å². The summed E-state index contributed by atoms with van der Waals surface area (Å²) in [5.41, 5.74) is 3.26. The van der Waals surface area contributed by atoms with E-state index in [-0.39, 0.29) is 23.0 Å². The van der Waals surface area contributed by atoms with Gasteiger partial charge in [0.2, 0.25) is 0 Å². The molecule has 5 nitrogen and oxygen atoms in total. The molecule has 8 rings (SSSR count). The standard InChI is InChI=1S/C29H28N2O3S/c1-17(27(33)34-29-14-18-9-19(15-29)11-20(10-18)16-29)22-7-8-23-25(12-22)35-28-30-26(32)13-24(31(23)28)21-5-3-2-4-6-21/h2-8,12-13,17-20H,9-11,14-16H2,1H3. The SMILES string of the molecule is CC(C(=O)OC12CC3CC(CC(C3)C1)C2)c1ccc2c(c1)sc1nc(=O)cc(-c3ccccc3)n12. The summed E-state index contributed by atoms with van der Waals surface area (Å²) < 4.78 is 9.38. The first-order valence-corrected chi connectivity index (χ1v) is 13.5. The summed E-state index contributed by atoms with van der Waals surface area (Å²) in [6.07, 6.45) is 7.14. The highest BCUT2D eigenvalue weighted by atomic mass is 32.1. The molecule has 1 unspecified atom stereocenters. The van der Waals surface area contributed by atoms with Crippen LogP contribution in [-0.2, 0) is 9.53 Å². The third-order valence-corrected chi connectivity index (χ3v) is 9.55. The first kappa shape index (κ1) is 21.3. The number of hydrogen-bond donors (Lipinski definition) is 0. The molecule has 0 amide bonds. The van der Waals surface area contributed by atoms with Gasteiger partial charge >= 0.3 is 5.97 Å². The first-order valence-electron chi connectivity index (χ1n) is 12.7. The Labute approximate surface area is 207 Å². The van der Waals surface area contributed by atoms with Crippen LogP contribution in [0, 0.1) is 17.8 Å². The van der Waals surface area contributed by atoms with Crippen LogP contribution < -0.4 is 5.56 Å². The molecule has 1 atom stereocenters. The lowest BCUT2D eigenvalue weighted by Crippen LogP contribution is -2.53. The molecule has 4 bridgehead atoms. The molecule has 2 aromatic heterocycles. The van der Waals surface area contributed by atoms with Crippen molar-refractivity contribution in [1.29, 1.82) is 0 Å². The molecule has 4 aromatic rings. The third kappa shape index (κ3) is 3.53. The summed E-state index contributed by atoms with van der Waals surface area (Å²) in [5.74, 6) is 1.79. The lowest BCUT2D eigenvalue weighted by molar-refractivity contribution is -0.187. The number of hydrogen-bond acceptors (Lipinski definition) is 5. The molecule has 178 valence electrons. The molecule has 4 aliphatic rings. The van der Waals surface area contributed by atoms with E-state index in [4.69, 9.17) is 4.74 Å². The lowest BCUT2D eigenvalue weighted by Gasteiger charge is -2.55. The van der Waals surface area contributed by atoms with E-state index in [1.54, 1.807) is 6.07 Å². The molecule has 4 fully saturated rings. The number of aromatic nitrogens is 2. The number of fused-ring (bicyclic) bond motifs is 3. The van der Waals surface area contributed by atoms with Crippen LogP contribution in [0.3, 0.4) is 0 Å². The Balaban J connectivity index is 1.22. The zero-order valence-corrected chi connectivity index (χ0v) is 20.6. The van der Waals surface area contributed by atoms with Gasteiger partial charge in [0, 0.05) is 6.07 Å². The van der Waals surface area contributed by atoms with Crippen molar-refractivity contribution in [1.82, 2.24) is 9.38 Å². The number of nitrogens with zero attached hydrogens (tertiary/aromatic N) is 2. The highest BCUT2D eigenvalue weighted by molar-refractivity contribution is 7.23. The van der Waals surface area contributed by atoms with Gasteiger partial charge in [-0.05, 0) is 86.5 Å². The molecule has 0 aliphatic heterocycles. The van der Waals surface area contributed by atoms with E-state index >= 15 is 0 Å². The van der Waals surface area contributed by atoms with Gasteiger partial charge in [-0.2, -0.15) is 4.98 Å². The maximum Gasteiger partial charge on any atom is 0.313 e. The number of carbonyl (C=O) groups excluding carboxylic acids is 1. The number of benzene rings is 2. The van der Waals surface area contributed by atoms with Gasteiger partial charge in [-0.3, -0.25) is 14.0 Å². The van der Waals surface area contributed by atoms with Crippen molar-refractivity contribution in [2.24, 2.45) is 17.8 Å². The molecule has 2 heterocycles.